The van der Waals surface area contributed by atoms with Crippen LogP contribution < -0.4 is 5.32 Å². The SMILES string of the molecule is CNCCC1CCCCN(C)C1. The Morgan fingerprint density at radius 2 is 2.25 bits per heavy atom. The molecule has 2 heteroatoms. The third-order valence-electron chi connectivity index (χ3n) is 2.77. The molecular formula is C10H22N2. The molecule has 0 amide bonds. The lowest BCUT2D eigenvalue weighted by molar-refractivity contribution is 0.289. The van der Waals surface area contributed by atoms with Crippen LogP contribution in [0.5, 0.6) is 0 Å². The molecule has 1 aliphatic rings. The summed E-state index contributed by atoms with van der Waals surface area (Å²) in [6.45, 7) is 3.79. The predicted molar refractivity (Wildman–Crippen MR) is 53.4 cm³/mol. The molecule has 1 N–H and O–H groups in total. The molecule has 1 aliphatic heterocycles. The molecule has 0 bridgehead atoms. The van der Waals surface area contributed by atoms with Gasteiger partial charge in [-0.1, -0.05) is 6.42 Å². The summed E-state index contributed by atoms with van der Waals surface area (Å²) >= 11 is 0. The number of hydrogen-bond acceptors (Lipinski definition) is 2. The molecule has 0 aromatic carbocycles. The van der Waals surface area contributed by atoms with Gasteiger partial charge in [-0.3, -0.25) is 0 Å². The first kappa shape index (κ1) is 10.0. The third kappa shape index (κ3) is 3.55. The summed E-state index contributed by atoms with van der Waals surface area (Å²) in [4.78, 5) is 2.48. The van der Waals surface area contributed by atoms with E-state index < -0.39 is 0 Å². The number of rotatable bonds is 3. The minimum atomic E-state index is 0.935. The van der Waals surface area contributed by atoms with Crippen molar-refractivity contribution in [2.45, 2.75) is 25.7 Å². The number of hydrogen-bond donors (Lipinski definition) is 1. The van der Waals surface area contributed by atoms with Gasteiger partial charge < -0.3 is 10.2 Å². The van der Waals surface area contributed by atoms with Crippen molar-refractivity contribution in [2.24, 2.45) is 5.92 Å². The summed E-state index contributed by atoms with van der Waals surface area (Å²) in [6.07, 6.45) is 5.61. The van der Waals surface area contributed by atoms with Crippen LogP contribution in [-0.2, 0) is 0 Å². The van der Waals surface area contributed by atoms with Gasteiger partial charge in [-0.05, 0) is 52.4 Å². The Balaban J connectivity index is 2.21. The van der Waals surface area contributed by atoms with Gasteiger partial charge >= 0.3 is 0 Å². The third-order valence-corrected chi connectivity index (χ3v) is 2.77. The van der Waals surface area contributed by atoms with Crippen molar-refractivity contribution in [1.82, 2.24) is 10.2 Å². The Labute approximate surface area is 76.3 Å². The molecule has 2 nitrogen and oxygen atoms in total. The number of likely N-dealkylation sites (tertiary alicyclic amines) is 1. The predicted octanol–water partition coefficient (Wildman–Crippen LogP) is 1.33. The molecule has 1 heterocycles. The Hall–Kier alpha value is -0.0800. The van der Waals surface area contributed by atoms with Crippen molar-refractivity contribution in [3.05, 3.63) is 0 Å². The lowest BCUT2D eigenvalue weighted by Crippen LogP contribution is -2.25. The maximum Gasteiger partial charge on any atom is 0.000708 e. The van der Waals surface area contributed by atoms with E-state index in [4.69, 9.17) is 0 Å². The molecule has 1 unspecified atom stereocenters. The highest BCUT2D eigenvalue weighted by Gasteiger charge is 2.14. The molecule has 0 aliphatic carbocycles. The largest absolute Gasteiger partial charge is 0.320 e. The minimum absolute atomic E-state index is 0.935. The van der Waals surface area contributed by atoms with Crippen LogP contribution in [0, 0.1) is 5.92 Å². The van der Waals surface area contributed by atoms with E-state index in [9.17, 15) is 0 Å². The lowest BCUT2D eigenvalue weighted by atomic mass is 10.00. The lowest BCUT2D eigenvalue weighted by Gasteiger charge is -2.19. The Bertz CT molecular complexity index is 114. The highest BCUT2D eigenvalue weighted by Crippen LogP contribution is 2.17. The standard InChI is InChI=1S/C10H22N2/c1-11-7-6-10-5-3-4-8-12(2)9-10/h10-11H,3-9H2,1-2H3. The van der Waals surface area contributed by atoms with Crippen molar-refractivity contribution >= 4 is 0 Å². The van der Waals surface area contributed by atoms with Crippen molar-refractivity contribution in [3.8, 4) is 0 Å². The fraction of sp³-hybridized carbons (Fsp3) is 1.00. The van der Waals surface area contributed by atoms with Crippen LogP contribution in [0.4, 0.5) is 0 Å². The normalized spacial score (nSPS) is 27.0. The molecule has 0 aromatic heterocycles. The second-order valence-corrected chi connectivity index (χ2v) is 4.02. The van der Waals surface area contributed by atoms with E-state index >= 15 is 0 Å². The van der Waals surface area contributed by atoms with Gasteiger partial charge in [0, 0.05) is 6.54 Å². The topological polar surface area (TPSA) is 15.3 Å². The summed E-state index contributed by atoms with van der Waals surface area (Å²) in [5, 5.41) is 3.23. The maximum absolute atomic E-state index is 3.23. The van der Waals surface area contributed by atoms with Gasteiger partial charge in [-0.15, -0.1) is 0 Å². The fourth-order valence-electron chi connectivity index (χ4n) is 2.02. The summed E-state index contributed by atoms with van der Waals surface area (Å²) < 4.78 is 0. The molecule has 1 atom stereocenters. The van der Waals surface area contributed by atoms with E-state index in [2.05, 4.69) is 17.3 Å². The van der Waals surface area contributed by atoms with E-state index in [1.54, 1.807) is 0 Å². The summed E-state index contributed by atoms with van der Waals surface area (Å²) in [5.41, 5.74) is 0. The highest BCUT2D eigenvalue weighted by atomic mass is 15.1. The van der Waals surface area contributed by atoms with E-state index in [0.717, 1.165) is 5.92 Å². The number of nitrogens with zero attached hydrogens (tertiary/aromatic N) is 1. The smallest absolute Gasteiger partial charge is 0.000708 e. The summed E-state index contributed by atoms with van der Waals surface area (Å²) in [6, 6.07) is 0. The molecule has 1 fully saturated rings. The van der Waals surface area contributed by atoms with Gasteiger partial charge in [-0.2, -0.15) is 0 Å². The Kier molecular flexibility index (Phi) is 4.62. The van der Waals surface area contributed by atoms with Crippen LogP contribution in [0.3, 0.4) is 0 Å². The van der Waals surface area contributed by atoms with Crippen molar-refractivity contribution in [2.75, 3.05) is 33.7 Å². The van der Waals surface area contributed by atoms with E-state index in [-0.39, 0.29) is 0 Å². The monoisotopic (exact) mass is 170 g/mol. The van der Waals surface area contributed by atoms with Gasteiger partial charge in [0.15, 0.2) is 0 Å². The van der Waals surface area contributed by atoms with Crippen LogP contribution in [-0.4, -0.2) is 38.6 Å². The van der Waals surface area contributed by atoms with Crippen molar-refractivity contribution in [3.63, 3.8) is 0 Å². The number of nitrogens with one attached hydrogen (secondary N) is 1. The van der Waals surface area contributed by atoms with Gasteiger partial charge in [0.1, 0.15) is 0 Å². The molecule has 0 aromatic rings. The van der Waals surface area contributed by atoms with E-state index in [1.807, 2.05) is 7.05 Å². The van der Waals surface area contributed by atoms with E-state index in [1.165, 1.54) is 45.3 Å². The average molecular weight is 170 g/mol. The highest BCUT2D eigenvalue weighted by molar-refractivity contribution is 4.69. The van der Waals surface area contributed by atoms with Crippen molar-refractivity contribution in [1.29, 1.82) is 0 Å². The molecular weight excluding hydrogens is 148 g/mol. The minimum Gasteiger partial charge on any atom is -0.320 e. The van der Waals surface area contributed by atoms with Crippen LogP contribution in [0.1, 0.15) is 25.7 Å². The summed E-state index contributed by atoms with van der Waals surface area (Å²) in [7, 11) is 4.29. The zero-order valence-corrected chi connectivity index (χ0v) is 8.47. The zero-order chi connectivity index (χ0) is 8.81. The van der Waals surface area contributed by atoms with Crippen molar-refractivity contribution < 1.29 is 0 Å². The Morgan fingerprint density at radius 3 is 3.00 bits per heavy atom. The second kappa shape index (κ2) is 5.55. The molecule has 12 heavy (non-hydrogen) atoms. The van der Waals surface area contributed by atoms with Gasteiger partial charge in [-0.25, -0.2) is 0 Å². The van der Waals surface area contributed by atoms with Crippen LogP contribution in [0.2, 0.25) is 0 Å². The average Bonchev–Trinajstić information content (AvgIpc) is 2.26. The first-order chi connectivity index (χ1) is 5.83. The molecule has 0 saturated carbocycles. The van der Waals surface area contributed by atoms with Gasteiger partial charge in [0.25, 0.3) is 0 Å². The molecule has 0 spiro atoms. The van der Waals surface area contributed by atoms with Crippen LogP contribution >= 0.6 is 0 Å². The van der Waals surface area contributed by atoms with Crippen LogP contribution in [0.25, 0.3) is 0 Å². The second-order valence-electron chi connectivity index (χ2n) is 4.02. The van der Waals surface area contributed by atoms with Crippen LogP contribution in [0.15, 0.2) is 0 Å². The quantitative estimate of drug-likeness (QED) is 0.687. The first-order valence-corrected chi connectivity index (χ1v) is 5.16. The molecule has 72 valence electrons. The van der Waals surface area contributed by atoms with Gasteiger partial charge in [0.05, 0.1) is 0 Å². The molecule has 1 rings (SSSR count). The fourth-order valence-corrected chi connectivity index (χ4v) is 2.02. The van der Waals surface area contributed by atoms with E-state index in [0.29, 0.717) is 0 Å². The maximum atomic E-state index is 3.23. The van der Waals surface area contributed by atoms with Gasteiger partial charge in [0.2, 0.25) is 0 Å². The first-order valence-electron chi connectivity index (χ1n) is 5.16. The summed E-state index contributed by atoms with van der Waals surface area (Å²) in [5.74, 6) is 0.935. The zero-order valence-electron chi connectivity index (χ0n) is 8.47. The Morgan fingerprint density at radius 1 is 1.42 bits per heavy atom. The molecule has 1 saturated heterocycles. The molecule has 0 radical (unpaired) electrons.